The molecular weight excluding hydrogens is 192 g/mol. The number of Topliss-reactive ketones (excluding diaryl/α,β-unsaturated/α-hetero) is 1. The van der Waals surface area contributed by atoms with E-state index >= 15 is 0 Å². The largest absolute Gasteiger partial charge is 0.294 e. The van der Waals surface area contributed by atoms with Crippen LogP contribution in [-0.4, -0.2) is 17.8 Å². The summed E-state index contributed by atoms with van der Waals surface area (Å²) in [4.78, 5) is 11.7. The second kappa shape index (κ2) is 5.20. The summed E-state index contributed by atoms with van der Waals surface area (Å²) in [5.74, 6) is 1.16. The first-order valence-corrected chi connectivity index (χ1v) is 6.13. The molecule has 14 heavy (non-hydrogen) atoms. The summed E-state index contributed by atoms with van der Waals surface area (Å²) in [7, 11) is 0. The van der Waals surface area contributed by atoms with Crippen LogP contribution >= 0.6 is 11.8 Å². The molecule has 0 bridgehead atoms. The Balaban J connectivity index is 2.79. The van der Waals surface area contributed by atoms with Crippen LogP contribution in [0.2, 0.25) is 0 Å². The van der Waals surface area contributed by atoms with Gasteiger partial charge in [-0.3, -0.25) is 4.79 Å². The van der Waals surface area contributed by atoms with Crippen molar-refractivity contribution in [1.82, 2.24) is 0 Å². The van der Waals surface area contributed by atoms with Crippen LogP contribution < -0.4 is 0 Å². The standard InChI is InChI=1S/C12H16OS/c1-9-6-10(2)8-11(7-9)12(13)4-5-14-3/h6-8H,4-5H2,1-3H3. The summed E-state index contributed by atoms with van der Waals surface area (Å²) in [6.45, 7) is 4.05. The van der Waals surface area contributed by atoms with Gasteiger partial charge in [-0.25, -0.2) is 0 Å². The van der Waals surface area contributed by atoms with Crippen molar-refractivity contribution in [3.8, 4) is 0 Å². The first-order chi connectivity index (χ1) is 6.63. The molecule has 0 aliphatic heterocycles. The Hall–Kier alpha value is -0.760. The Kier molecular flexibility index (Phi) is 4.21. The van der Waals surface area contributed by atoms with Crippen molar-refractivity contribution in [2.45, 2.75) is 20.3 Å². The zero-order chi connectivity index (χ0) is 10.6. The van der Waals surface area contributed by atoms with Crippen LogP contribution in [0.25, 0.3) is 0 Å². The third-order valence-corrected chi connectivity index (χ3v) is 2.69. The Morgan fingerprint density at radius 2 is 1.79 bits per heavy atom. The zero-order valence-corrected chi connectivity index (χ0v) is 9.78. The number of hydrogen-bond acceptors (Lipinski definition) is 2. The molecule has 0 heterocycles. The molecule has 0 aliphatic carbocycles. The molecule has 2 heteroatoms. The molecule has 0 spiro atoms. The topological polar surface area (TPSA) is 17.1 Å². The molecule has 1 nitrogen and oxygen atoms in total. The molecule has 0 aliphatic rings. The van der Waals surface area contributed by atoms with Crippen LogP contribution in [0.4, 0.5) is 0 Å². The van der Waals surface area contributed by atoms with Crippen LogP contribution in [0.5, 0.6) is 0 Å². The lowest BCUT2D eigenvalue weighted by molar-refractivity contribution is 0.0989. The van der Waals surface area contributed by atoms with Crippen molar-refractivity contribution in [1.29, 1.82) is 0 Å². The van der Waals surface area contributed by atoms with E-state index in [9.17, 15) is 4.79 Å². The summed E-state index contributed by atoms with van der Waals surface area (Å²) in [5.41, 5.74) is 3.19. The van der Waals surface area contributed by atoms with E-state index < -0.39 is 0 Å². The molecule has 1 rings (SSSR count). The smallest absolute Gasteiger partial charge is 0.163 e. The van der Waals surface area contributed by atoms with E-state index in [4.69, 9.17) is 0 Å². The molecule has 0 amide bonds. The van der Waals surface area contributed by atoms with Crippen LogP contribution in [0.1, 0.15) is 27.9 Å². The summed E-state index contributed by atoms with van der Waals surface area (Å²) < 4.78 is 0. The van der Waals surface area contributed by atoms with E-state index in [-0.39, 0.29) is 5.78 Å². The molecule has 1 aromatic carbocycles. The second-order valence-corrected chi connectivity index (χ2v) is 4.53. The maximum atomic E-state index is 11.7. The van der Waals surface area contributed by atoms with Crippen molar-refractivity contribution in [2.24, 2.45) is 0 Å². The SMILES string of the molecule is CSCCC(=O)c1cc(C)cc(C)c1. The van der Waals surface area contributed by atoms with Crippen LogP contribution in [0.3, 0.4) is 0 Å². The molecule has 0 aromatic heterocycles. The lowest BCUT2D eigenvalue weighted by Gasteiger charge is -2.03. The van der Waals surface area contributed by atoms with Gasteiger partial charge in [-0.05, 0) is 32.2 Å². The van der Waals surface area contributed by atoms with E-state index in [0.717, 1.165) is 22.4 Å². The van der Waals surface area contributed by atoms with Crippen molar-refractivity contribution in [2.75, 3.05) is 12.0 Å². The van der Waals surface area contributed by atoms with Gasteiger partial charge in [-0.15, -0.1) is 0 Å². The quantitative estimate of drug-likeness (QED) is 0.707. The minimum Gasteiger partial charge on any atom is -0.294 e. The van der Waals surface area contributed by atoms with Crippen molar-refractivity contribution in [3.05, 3.63) is 34.9 Å². The lowest BCUT2D eigenvalue weighted by atomic mass is 10.0. The number of thioether (sulfide) groups is 1. The zero-order valence-electron chi connectivity index (χ0n) is 8.96. The van der Waals surface area contributed by atoms with Crippen LogP contribution in [-0.2, 0) is 0 Å². The van der Waals surface area contributed by atoms with Crippen molar-refractivity contribution >= 4 is 17.5 Å². The van der Waals surface area contributed by atoms with Gasteiger partial charge in [0.1, 0.15) is 0 Å². The Bertz CT molecular complexity index is 311. The van der Waals surface area contributed by atoms with Crippen LogP contribution in [0, 0.1) is 13.8 Å². The molecule has 0 radical (unpaired) electrons. The van der Waals surface area contributed by atoms with Crippen molar-refractivity contribution in [3.63, 3.8) is 0 Å². The summed E-state index contributed by atoms with van der Waals surface area (Å²) in [6.07, 6.45) is 2.67. The number of carbonyl (C=O) groups is 1. The highest BCUT2D eigenvalue weighted by Crippen LogP contribution is 2.12. The lowest BCUT2D eigenvalue weighted by Crippen LogP contribution is -2.01. The van der Waals surface area contributed by atoms with Gasteiger partial charge in [0.25, 0.3) is 0 Å². The summed E-state index contributed by atoms with van der Waals surface area (Å²) in [5, 5.41) is 0. The Morgan fingerprint density at radius 3 is 2.29 bits per heavy atom. The molecule has 0 fully saturated rings. The highest BCUT2D eigenvalue weighted by Gasteiger charge is 2.05. The highest BCUT2D eigenvalue weighted by atomic mass is 32.2. The van der Waals surface area contributed by atoms with E-state index in [1.807, 2.05) is 32.2 Å². The van der Waals surface area contributed by atoms with Gasteiger partial charge in [0.15, 0.2) is 5.78 Å². The van der Waals surface area contributed by atoms with Gasteiger partial charge in [-0.2, -0.15) is 11.8 Å². The number of carbonyl (C=O) groups excluding carboxylic acids is 1. The number of benzene rings is 1. The second-order valence-electron chi connectivity index (χ2n) is 3.54. The van der Waals surface area contributed by atoms with Gasteiger partial charge in [0.2, 0.25) is 0 Å². The average Bonchev–Trinajstić information content (AvgIpc) is 2.12. The molecule has 0 unspecified atom stereocenters. The maximum Gasteiger partial charge on any atom is 0.163 e. The minimum atomic E-state index is 0.256. The predicted molar refractivity (Wildman–Crippen MR) is 63.2 cm³/mol. The number of rotatable bonds is 4. The first kappa shape index (κ1) is 11.3. The first-order valence-electron chi connectivity index (χ1n) is 4.74. The molecule has 0 saturated carbocycles. The minimum absolute atomic E-state index is 0.256. The fourth-order valence-electron chi connectivity index (χ4n) is 1.47. The maximum absolute atomic E-state index is 11.7. The van der Waals surface area contributed by atoms with Gasteiger partial charge in [0.05, 0.1) is 0 Å². The van der Waals surface area contributed by atoms with Gasteiger partial charge >= 0.3 is 0 Å². The normalized spacial score (nSPS) is 10.2. The van der Waals surface area contributed by atoms with Gasteiger partial charge < -0.3 is 0 Å². The summed E-state index contributed by atoms with van der Waals surface area (Å²) in [6, 6.07) is 6.02. The van der Waals surface area contributed by atoms with Gasteiger partial charge in [0, 0.05) is 17.7 Å². The number of aryl methyl sites for hydroxylation is 2. The highest BCUT2D eigenvalue weighted by molar-refractivity contribution is 7.98. The molecule has 0 N–H and O–H groups in total. The summed E-state index contributed by atoms with van der Waals surface area (Å²) >= 11 is 1.71. The fraction of sp³-hybridized carbons (Fsp3) is 0.417. The average molecular weight is 208 g/mol. The third kappa shape index (κ3) is 3.18. The predicted octanol–water partition coefficient (Wildman–Crippen LogP) is 3.24. The van der Waals surface area contributed by atoms with E-state index in [1.165, 1.54) is 0 Å². The van der Waals surface area contributed by atoms with Crippen molar-refractivity contribution < 1.29 is 4.79 Å². The van der Waals surface area contributed by atoms with E-state index in [2.05, 4.69) is 6.07 Å². The molecule has 76 valence electrons. The third-order valence-electron chi connectivity index (χ3n) is 2.08. The molecule has 0 saturated heterocycles. The molecule has 0 atom stereocenters. The van der Waals surface area contributed by atoms with E-state index in [1.54, 1.807) is 11.8 Å². The monoisotopic (exact) mass is 208 g/mol. The van der Waals surface area contributed by atoms with E-state index in [0.29, 0.717) is 6.42 Å². The Morgan fingerprint density at radius 1 is 1.21 bits per heavy atom. The van der Waals surface area contributed by atoms with Gasteiger partial charge in [-0.1, -0.05) is 17.2 Å². The Labute approximate surface area is 89.9 Å². The number of ketones is 1. The number of hydrogen-bond donors (Lipinski definition) is 0. The molecule has 1 aromatic rings. The molecular formula is C12H16OS. The fourth-order valence-corrected chi connectivity index (χ4v) is 1.86. The van der Waals surface area contributed by atoms with Crippen LogP contribution in [0.15, 0.2) is 18.2 Å².